The molecule has 164 valence electrons. The fourth-order valence-electron chi connectivity index (χ4n) is 2.63. The Kier molecular flexibility index (Phi) is 9.97. The van der Waals surface area contributed by atoms with Gasteiger partial charge in [0.25, 0.3) is 0 Å². The van der Waals surface area contributed by atoms with Gasteiger partial charge in [-0.1, -0.05) is 18.2 Å². The van der Waals surface area contributed by atoms with Gasteiger partial charge in [-0.15, -0.1) is 12.4 Å². The first-order chi connectivity index (χ1) is 14.0. The number of nitrogens with two attached hydrogens (primary N) is 1. The van der Waals surface area contributed by atoms with E-state index in [0.717, 1.165) is 11.1 Å². The lowest BCUT2D eigenvalue weighted by Gasteiger charge is -2.14. The third kappa shape index (κ3) is 6.03. The number of carbonyl (C=O) groups is 1. The van der Waals surface area contributed by atoms with Crippen LogP contribution >= 0.6 is 12.4 Å². The van der Waals surface area contributed by atoms with Gasteiger partial charge in [-0.05, 0) is 35.4 Å². The molecule has 0 aliphatic carbocycles. The molecular weight excluding hydrogens is 412 g/mol. The molecule has 0 saturated heterocycles. The molecule has 9 heteroatoms. The number of methoxy groups -OCH3 is 4. The number of amides is 1. The van der Waals surface area contributed by atoms with Crippen molar-refractivity contribution >= 4 is 36.2 Å². The lowest BCUT2D eigenvalue weighted by molar-refractivity contribution is -0.118. The molecule has 2 rings (SSSR count). The Bertz CT molecular complexity index is 863. The molecular formula is C21H27ClN2O6. The molecule has 4 N–H and O–H groups in total. The van der Waals surface area contributed by atoms with Crippen LogP contribution in [0.25, 0.3) is 12.2 Å². The van der Waals surface area contributed by atoms with Crippen molar-refractivity contribution in [2.45, 2.75) is 6.04 Å². The van der Waals surface area contributed by atoms with Gasteiger partial charge in [-0.3, -0.25) is 4.79 Å². The molecule has 0 aromatic heterocycles. The number of aliphatic hydroxyl groups is 1. The van der Waals surface area contributed by atoms with Crippen molar-refractivity contribution in [2.24, 2.45) is 5.73 Å². The summed E-state index contributed by atoms with van der Waals surface area (Å²) in [6.45, 7) is -0.450. The molecule has 0 unspecified atom stereocenters. The van der Waals surface area contributed by atoms with Crippen molar-refractivity contribution in [3.8, 4) is 23.0 Å². The van der Waals surface area contributed by atoms with E-state index in [2.05, 4.69) is 5.32 Å². The van der Waals surface area contributed by atoms with Crippen molar-refractivity contribution in [3.05, 3.63) is 41.5 Å². The zero-order valence-corrected chi connectivity index (χ0v) is 18.1. The monoisotopic (exact) mass is 438 g/mol. The Morgan fingerprint density at radius 1 is 0.967 bits per heavy atom. The average Bonchev–Trinajstić information content (AvgIpc) is 2.76. The minimum atomic E-state index is -1.02. The second-order valence-electron chi connectivity index (χ2n) is 6.03. The quantitative estimate of drug-likeness (QED) is 0.516. The number of rotatable bonds is 9. The van der Waals surface area contributed by atoms with Crippen LogP contribution in [0, 0.1) is 0 Å². The van der Waals surface area contributed by atoms with Gasteiger partial charge in [0.2, 0.25) is 11.7 Å². The topological polar surface area (TPSA) is 112 Å². The van der Waals surface area contributed by atoms with Crippen molar-refractivity contribution in [2.75, 3.05) is 40.4 Å². The first-order valence-corrected chi connectivity index (χ1v) is 8.80. The van der Waals surface area contributed by atoms with Crippen LogP contribution in [0.15, 0.2) is 30.3 Å². The Morgan fingerprint density at radius 3 is 2.03 bits per heavy atom. The van der Waals surface area contributed by atoms with Crippen LogP contribution < -0.4 is 30.0 Å². The molecule has 0 saturated carbocycles. The summed E-state index contributed by atoms with van der Waals surface area (Å²) in [6, 6.07) is 7.95. The largest absolute Gasteiger partial charge is 0.495 e. The molecule has 2 aromatic rings. The fraction of sp³-hybridized carbons (Fsp3) is 0.286. The first-order valence-electron chi connectivity index (χ1n) is 8.80. The van der Waals surface area contributed by atoms with E-state index in [1.807, 2.05) is 30.4 Å². The highest BCUT2D eigenvalue weighted by molar-refractivity contribution is 5.96. The number of hydrogen-bond acceptors (Lipinski definition) is 7. The summed E-state index contributed by atoms with van der Waals surface area (Å²) in [6.07, 6.45) is 3.74. The average molecular weight is 439 g/mol. The molecule has 8 nitrogen and oxygen atoms in total. The van der Waals surface area contributed by atoms with Gasteiger partial charge < -0.3 is 35.1 Å². The summed E-state index contributed by atoms with van der Waals surface area (Å²) in [4.78, 5) is 12.0. The summed E-state index contributed by atoms with van der Waals surface area (Å²) in [5, 5.41) is 11.7. The van der Waals surface area contributed by atoms with E-state index >= 15 is 0 Å². The normalized spacial score (nSPS) is 11.4. The van der Waals surface area contributed by atoms with Crippen molar-refractivity contribution in [1.29, 1.82) is 0 Å². The molecule has 0 aliphatic heterocycles. The van der Waals surface area contributed by atoms with E-state index in [0.29, 0.717) is 28.7 Å². The molecule has 0 spiro atoms. The van der Waals surface area contributed by atoms with Gasteiger partial charge in [0.15, 0.2) is 11.5 Å². The van der Waals surface area contributed by atoms with Gasteiger partial charge in [0.1, 0.15) is 11.8 Å². The van der Waals surface area contributed by atoms with Crippen LogP contribution in [0.1, 0.15) is 11.1 Å². The van der Waals surface area contributed by atoms with Gasteiger partial charge in [0, 0.05) is 0 Å². The van der Waals surface area contributed by atoms with Crippen LogP contribution in [-0.2, 0) is 4.79 Å². The van der Waals surface area contributed by atoms with E-state index in [1.54, 1.807) is 33.5 Å². The Labute approximate surface area is 182 Å². The van der Waals surface area contributed by atoms with Crippen LogP contribution in [0.5, 0.6) is 23.0 Å². The number of carbonyl (C=O) groups excluding carboxylic acids is 1. The lowest BCUT2D eigenvalue weighted by atomic mass is 10.1. The molecule has 0 radical (unpaired) electrons. The van der Waals surface area contributed by atoms with Gasteiger partial charge in [0.05, 0.1) is 40.7 Å². The number of nitrogens with one attached hydrogen (secondary N) is 1. The number of anilines is 1. The minimum Gasteiger partial charge on any atom is -0.495 e. The van der Waals surface area contributed by atoms with Crippen molar-refractivity contribution < 1.29 is 28.8 Å². The van der Waals surface area contributed by atoms with Gasteiger partial charge in [-0.2, -0.15) is 0 Å². The molecule has 0 fully saturated rings. The van der Waals surface area contributed by atoms with Gasteiger partial charge >= 0.3 is 0 Å². The second-order valence-corrected chi connectivity index (χ2v) is 6.03. The van der Waals surface area contributed by atoms with Crippen LogP contribution in [0.3, 0.4) is 0 Å². The summed E-state index contributed by atoms with van der Waals surface area (Å²) < 4.78 is 21.3. The molecule has 1 amide bonds. The van der Waals surface area contributed by atoms with Crippen LogP contribution in [0.2, 0.25) is 0 Å². The standard InChI is InChI=1S/C21H26N2O6.ClH/c1-26-17-8-7-13(9-16(17)23-21(25)15(22)12-24)5-6-14-10-18(27-2)20(29-4)19(11-14)28-3;/h5-11,15,24H,12,22H2,1-4H3,(H,23,25);1H/b6-5-;/t15-;/m0./s1. The maximum Gasteiger partial charge on any atom is 0.243 e. The van der Waals surface area contributed by atoms with Crippen molar-refractivity contribution in [3.63, 3.8) is 0 Å². The zero-order chi connectivity index (χ0) is 21.4. The number of hydrogen-bond donors (Lipinski definition) is 3. The summed E-state index contributed by atoms with van der Waals surface area (Å²) in [7, 11) is 6.16. The first kappa shape index (κ1) is 25.1. The van der Waals surface area contributed by atoms with E-state index < -0.39 is 18.6 Å². The SMILES string of the molecule is COc1ccc(/C=C\c2cc(OC)c(OC)c(OC)c2)cc1NC(=O)[C@@H](N)CO.Cl. The molecule has 2 aromatic carbocycles. The highest BCUT2D eigenvalue weighted by Gasteiger charge is 2.15. The van der Waals surface area contributed by atoms with E-state index in [9.17, 15) is 4.79 Å². The summed E-state index contributed by atoms with van der Waals surface area (Å²) >= 11 is 0. The highest BCUT2D eigenvalue weighted by Crippen LogP contribution is 2.38. The Hall–Kier alpha value is -2.94. The third-order valence-electron chi connectivity index (χ3n) is 4.17. The van der Waals surface area contributed by atoms with Crippen LogP contribution in [-0.4, -0.2) is 52.1 Å². The summed E-state index contributed by atoms with van der Waals surface area (Å²) in [5.41, 5.74) is 7.66. The minimum absolute atomic E-state index is 0. The predicted octanol–water partition coefficient (Wildman–Crippen LogP) is 2.57. The highest BCUT2D eigenvalue weighted by atomic mass is 35.5. The zero-order valence-electron chi connectivity index (χ0n) is 17.3. The predicted molar refractivity (Wildman–Crippen MR) is 119 cm³/mol. The third-order valence-corrected chi connectivity index (χ3v) is 4.17. The van der Waals surface area contributed by atoms with E-state index in [-0.39, 0.29) is 12.4 Å². The smallest absolute Gasteiger partial charge is 0.243 e. The maximum absolute atomic E-state index is 12.0. The Balaban J connectivity index is 0.00000450. The number of halogens is 1. The van der Waals surface area contributed by atoms with Crippen LogP contribution in [0.4, 0.5) is 5.69 Å². The Morgan fingerprint density at radius 2 is 1.53 bits per heavy atom. The maximum atomic E-state index is 12.0. The van der Waals surface area contributed by atoms with Gasteiger partial charge in [-0.25, -0.2) is 0 Å². The molecule has 0 aliphatic rings. The second kappa shape index (κ2) is 11.9. The van der Waals surface area contributed by atoms with E-state index in [4.69, 9.17) is 29.8 Å². The molecule has 0 bridgehead atoms. The van der Waals surface area contributed by atoms with E-state index in [1.165, 1.54) is 7.11 Å². The summed E-state index contributed by atoms with van der Waals surface area (Å²) in [5.74, 6) is 1.59. The molecule has 1 atom stereocenters. The van der Waals surface area contributed by atoms with Crippen molar-refractivity contribution in [1.82, 2.24) is 0 Å². The number of aliphatic hydroxyl groups excluding tert-OH is 1. The number of ether oxygens (including phenoxy) is 4. The molecule has 30 heavy (non-hydrogen) atoms. The molecule has 0 heterocycles. The lowest BCUT2D eigenvalue weighted by Crippen LogP contribution is -2.38. The number of benzene rings is 2. The fourth-order valence-corrected chi connectivity index (χ4v) is 2.63.